The van der Waals surface area contributed by atoms with Gasteiger partial charge in [0, 0.05) is 18.7 Å². The lowest BCUT2D eigenvalue weighted by molar-refractivity contribution is 0.185. The first kappa shape index (κ1) is 15.1. The second-order valence-electron chi connectivity index (χ2n) is 5.64. The minimum Gasteiger partial charge on any atom is -0.508 e. The van der Waals surface area contributed by atoms with Gasteiger partial charge in [0.05, 0.1) is 6.04 Å². The summed E-state index contributed by atoms with van der Waals surface area (Å²) in [6.45, 7) is 2.38. The number of aromatic hydroxyl groups is 1. The molecule has 0 aliphatic carbocycles. The van der Waals surface area contributed by atoms with Crippen LogP contribution in [0.15, 0.2) is 59.7 Å². The van der Waals surface area contributed by atoms with Gasteiger partial charge in [-0.2, -0.15) is 5.10 Å². The molecule has 0 saturated carbocycles. The zero-order chi connectivity index (χ0) is 16.2. The maximum Gasteiger partial charge on any atom is 0.338 e. The molecule has 1 atom stereocenters. The number of phenolic OH excluding ortho intramolecular Hbond substituents is 1. The van der Waals surface area contributed by atoms with Crippen LogP contribution >= 0.6 is 0 Å². The maximum atomic E-state index is 12.5. The summed E-state index contributed by atoms with van der Waals surface area (Å²) in [5, 5.41) is 18.2. The van der Waals surface area contributed by atoms with Crippen LogP contribution in [0.25, 0.3) is 0 Å². The maximum absolute atomic E-state index is 12.5. The number of benzene rings is 2. The second kappa shape index (κ2) is 6.52. The van der Waals surface area contributed by atoms with E-state index in [0.29, 0.717) is 13.0 Å². The Balaban J connectivity index is 1.71. The summed E-state index contributed by atoms with van der Waals surface area (Å²) in [6.07, 6.45) is 0.698. The van der Waals surface area contributed by atoms with Crippen LogP contribution in [0, 0.1) is 0 Å². The molecule has 1 aliphatic rings. The van der Waals surface area contributed by atoms with E-state index in [1.807, 2.05) is 49.4 Å². The highest BCUT2D eigenvalue weighted by Crippen LogP contribution is 2.31. The highest BCUT2D eigenvalue weighted by atomic mass is 16.3. The minimum atomic E-state index is -0.219. The smallest absolute Gasteiger partial charge is 0.338 e. The SMILES string of the molecule is CC1=NN(C(=O)NCc2ccccc2)C(c2ccc(O)cc2)C1. The number of amides is 2. The number of urea groups is 1. The van der Waals surface area contributed by atoms with Crippen molar-refractivity contribution in [2.24, 2.45) is 5.10 Å². The summed E-state index contributed by atoms with van der Waals surface area (Å²) in [7, 11) is 0. The number of rotatable bonds is 3. The topological polar surface area (TPSA) is 64.9 Å². The highest BCUT2D eigenvalue weighted by molar-refractivity contribution is 5.88. The number of hydrazone groups is 1. The first-order chi connectivity index (χ1) is 11.1. The third-order valence-corrected chi connectivity index (χ3v) is 3.83. The predicted molar refractivity (Wildman–Crippen MR) is 89.1 cm³/mol. The summed E-state index contributed by atoms with van der Waals surface area (Å²) >= 11 is 0. The number of nitrogens with zero attached hydrogens (tertiary/aromatic N) is 2. The lowest BCUT2D eigenvalue weighted by atomic mass is 10.0. The zero-order valence-corrected chi connectivity index (χ0v) is 12.9. The average molecular weight is 309 g/mol. The fourth-order valence-electron chi connectivity index (χ4n) is 2.66. The molecule has 5 nitrogen and oxygen atoms in total. The van der Waals surface area contributed by atoms with E-state index in [-0.39, 0.29) is 17.8 Å². The van der Waals surface area contributed by atoms with Crippen LogP contribution in [0.3, 0.4) is 0 Å². The standard InChI is InChI=1S/C18H19N3O2/c1-13-11-17(15-7-9-16(22)10-8-15)21(20-13)18(23)19-12-14-5-3-2-4-6-14/h2-10,17,22H,11-12H2,1H3,(H,19,23). The molecule has 5 heteroatoms. The molecule has 2 aromatic rings. The van der Waals surface area contributed by atoms with Gasteiger partial charge in [0.15, 0.2) is 0 Å². The van der Waals surface area contributed by atoms with Crippen molar-refractivity contribution < 1.29 is 9.90 Å². The number of hydrogen-bond donors (Lipinski definition) is 2. The molecule has 2 N–H and O–H groups in total. The first-order valence-electron chi connectivity index (χ1n) is 7.57. The normalized spacial score (nSPS) is 17.0. The fourth-order valence-corrected chi connectivity index (χ4v) is 2.66. The lowest BCUT2D eigenvalue weighted by Gasteiger charge is -2.22. The second-order valence-corrected chi connectivity index (χ2v) is 5.64. The van der Waals surface area contributed by atoms with E-state index in [9.17, 15) is 9.90 Å². The largest absolute Gasteiger partial charge is 0.508 e. The molecule has 1 unspecified atom stereocenters. The van der Waals surface area contributed by atoms with Gasteiger partial charge in [-0.1, -0.05) is 42.5 Å². The van der Waals surface area contributed by atoms with Crippen LogP contribution in [-0.4, -0.2) is 21.9 Å². The molecular formula is C18H19N3O2. The van der Waals surface area contributed by atoms with Crippen LogP contribution in [-0.2, 0) is 6.54 Å². The molecule has 0 aromatic heterocycles. The van der Waals surface area contributed by atoms with Crippen molar-refractivity contribution in [3.05, 3.63) is 65.7 Å². The van der Waals surface area contributed by atoms with E-state index in [2.05, 4.69) is 10.4 Å². The molecule has 2 amide bonds. The third-order valence-electron chi connectivity index (χ3n) is 3.83. The zero-order valence-electron chi connectivity index (χ0n) is 12.9. The van der Waals surface area contributed by atoms with Gasteiger partial charge < -0.3 is 10.4 Å². The summed E-state index contributed by atoms with van der Waals surface area (Å²) in [4.78, 5) is 12.5. The van der Waals surface area contributed by atoms with E-state index in [4.69, 9.17) is 0 Å². The monoisotopic (exact) mass is 309 g/mol. The van der Waals surface area contributed by atoms with Crippen LogP contribution < -0.4 is 5.32 Å². The van der Waals surface area contributed by atoms with Gasteiger partial charge >= 0.3 is 6.03 Å². The molecule has 118 valence electrons. The van der Waals surface area contributed by atoms with Crippen LogP contribution in [0.5, 0.6) is 5.75 Å². The van der Waals surface area contributed by atoms with Crippen molar-refractivity contribution in [1.82, 2.24) is 10.3 Å². The van der Waals surface area contributed by atoms with Gasteiger partial charge in [0.25, 0.3) is 0 Å². The Morgan fingerprint density at radius 1 is 1.22 bits per heavy atom. The molecule has 2 aromatic carbocycles. The molecule has 0 saturated heterocycles. The predicted octanol–water partition coefficient (Wildman–Crippen LogP) is 3.42. The van der Waals surface area contributed by atoms with Gasteiger partial charge in [-0.3, -0.25) is 0 Å². The molecular weight excluding hydrogens is 290 g/mol. The van der Waals surface area contributed by atoms with Gasteiger partial charge in [-0.25, -0.2) is 9.80 Å². The molecule has 0 spiro atoms. The van der Waals surface area contributed by atoms with Gasteiger partial charge in [0.1, 0.15) is 5.75 Å². The molecule has 0 bridgehead atoms. The summed E-state index contributed by atoms with van der Waals surface area (Å²) < 4.78 is 0. The van der Waals surface area contributed by atoms with Gasteiger partial charge in [0.2, 0.25) is 0 Å². The Bertz CT molecular complexity index is 711. The summed E-state index contributed by atoms with van der Waals surface area (Å²) in [5.74, 6) is 0.212. The lowest BCUT2D eigenvalue weighted by Crippen LogP contribution is -2.36. The van der Waals surface area contributed by atoms with Gasteiger partial charge in [-0.05, 0) is 30.2 Å². The quantitative estimate of drug-likeness (QED) is 0.912. The molecule has 0 fully saturated rings. The van der Waals surface area contributed by atoms with Crippen LogP contribution in [0.2, 0.25) is 0 Å². The molecule has 23 heavy (non-hydrogen) atoms. The van der Waals surface area contributed by atoms with Crippen molar-refractivity contribution in [1.29, 1.82) is 0 Å². The molecule has 1 aliphatic heterocycles. The van der Waals surface area contributed by atoms with Crippen LogP contribution in [0.4, 0.5) is 4.79 Å². The van der Waals surface area contributed by atoms with Crippen molar-refractivity contribution in [3.8, 4) is 5.75 Å². The van der Waals surface area contributed by atoms with Crippen molar-refractivity contribution >= 4 is 11.7 Å². The van der Waals surface area contributed by atoms with E-state index in [0.717, 1.165) is 16.8 Å². The number of carbonyl (C=O) groups excluding carboxylic acids is 1. The summed E-state index contributed by atoms with van der Waals surface area (Å²) in [6, 6.07) is 16.3. The minimum absolute atomic E-state index is 0.133. The number of nitrogens with one attached hydrogen (secondary N) is 1. The Hall–Kier alpha value is -2.82. The third kappa shape index (κ3) is 3.51. The molecule has 3 rings (SSSR count). The van der Waals surface area contributed by atoms with E-state index in [1.54, 1.807) is 12.1 Å². The number of carbonyl (C=O) groups is 1. The average Bonchev–Trinajstić information content (AvgIpc) is 2.96. The van der Waals surface area contributed by atoms with E-state index < -0.39 is 0 Å². The fraction of sp³-hybridized carbons (Fsp3) is 0.222. The van der Waals surface area contributed by atoms with Crippen molar-refractivity contribution in [3.63, 3.8) is 0 Å². The number of phenols is 1. The summed E-state index contributed by atoms with van der Waals surface area (Å²) in [5.41, 5.74) is 2.91. The van der Waals surface area contributed by atoms with E-state index >= 15 is 0 Å². The van der Waals surface area contributed by atoms with Crippen LogP contribution in [0.1, 0.15) is 30.5 Å². The van der Waals surface area contributed by atoms with Crippen molar-refractivity contribution in [2.75, 3.05) is 0 Å². The first-order valence-corrected chi connectivity index (χ1v) is 7.57. The highest BCUT2D eigenvalue weighted by Gasteiger charge is 2.30. The Labute approximate surface area is 135 Å². The van der Waals surface area contributed by atoms with Gasteiger partial charge in [-0.15, -0.1) is 0 Å². The molecule has 1 heterocycles. The number of hydrogen-bond acceptors (Lipinski definition) is 3. The Kier molecular flexibility index (Phi) is 4.28. The Morgan fingerprint density at radius 3 is 2.61 bits per heavy atom. The Morgan fingerprint density at radius 2 is 1.91 bits per heavy atom. The van der Waals surface area contributed by atoms with E-state index in [1.165, 1.54) is 5.01 Å². The molecule has 0 radical (unpaired) electrons. The van der Waals surface area contributed by atoms with Crippen molar-refractivity contribution in [2.45, 2.75) is 25.9 Å².